The normalized spacial score (nSPS) is 20.7. The lowest BCUT2D eigenvalue weighted by Gasteiger charge is -2.54. The van der Waals surface area contributed by atoms with Crippen LogP contribution in [0, 0.1) is 11.6 Å². The summed E-state index contributed by atoms with van der Waals surface area (Å²) in [6, 6.07) is 12.4. The van der Waals surface area contributed by atoms with Crippen LogP contribution in [0.4, 0.5) is 8.78 Å². The third-order valence-electron chi connectivity index (χ3n) is 8.21. The van der Waals surface area contributed by atoms with E-state index in [9.17, 15) is 23.5 Å². The van der Waals surface area contributed by atoms with Crippen molar-refractivity contribution in [2.75, 3.05) is 13.1 Å². The summed E-state index contributed by atoms with van der Waals surface area (Å²) in [4.78, 5) is 29.1. The lowest BCUT2D eigenvalue weighted by molar-refractivity contribution is -0.127. The second-order valence-electron chi connectivity index (χ2n) is 11.9. The molecule has 10 heteroatoms. The summed E-state index contributed by atoms with van der Waals surface area (Å²) in [5.41, 5.74) is -0.205. The zero-order valence-electron chi connectivity index (χ0n) is 23.2. The van der Waals surface area contributed by atoms with Crippen molar-refractivity contribution < 1.29 is 23.5 Å². The zero-order valence-corrected chi connectivity index (χ0v) is 23.9. The Labute approximate surface area is 243 Å². The number of halogens is 3. The van der Waals surface area contributed by atoms with Gasteiger partial charge in [0.15, 0.2) is 0 Å². The van der Waals surface area contributed by atoms with Crippen molar-refractivity contribution in [3.05, 3.63) is 88.7 Å². The monoisotopic (exact) mass is 584 g/mol. The summed E-state index contributed by atoms with van der Waals surface area (Å²) in [6.07, 6.45) is 6.04. The maximum atomic E-state index is 14.3. The molecule has 1 aromatic heterocycles. The molecule has 1 aliphatic carbocycles. The molecule has 0 bridgehead atoms. The number of likely N-dealkylation sites (tertiary alicyclic amines) is 1. The van der Waals surface area contributed by atoms with Crippen molar-refractivity contribution in [3.8, 4) is 5.69 Å². The summed E-state index contributed by atoms with van der Waals surface area (Å²) in [5, 5.41) is 16.7. The summed E-state index contributed by atoms with van der Waals surface area (Å²) in [5.74, 6) is -2.01. The van der Waals surface area contributed by atoms with Crippen molar-refractivity contribution in [1.29, 1.82) is 0 Å². The second-order valence-corrected chi connectivity index (χ2v) is 12.3. The number of benzene rings is 2. The first kappa shape index (κ1) is 29.2. The Bertz CT molecular complexity index is 1430. The number of hydrogen-bond acceptors (Lipinski definition) is 4. The molecule has 0 unspecified atom stereocenters. The second kappa shape index (κ2) is 11.5. The highest BCUT2D eigenvalue weighted by Gasteiger charge is 2.48. The molecule has 2 amide bonds. The third-order valence-corrected chi connectivity index (χ3v) is 8.45. The lowest BCUT2D eigenvalue weighted by Crippen LogP contribution is -2.73. The number of carbonyl (C=O) groups excluding carboxylic acids is 2. The van der Waals surface area contributed by atoms with Gasteiger partial charge in [-0.1, -0.05) is 23.7 Å². The number of amides is 2. The molecule has 1 aliphatic heterocycles. The maximum Gasteiger partial charge on any atom is 0.253 e. The van der Waals surface area contributed by atoms with Gasteiger partial charge in [0.25, 0.3) is 5.91 Å². The molecule has 2 heterocycles. The van der Waals surface area contributed by atoms with Gasteiger partial charge in [-0.25, -0.2) is 8.78 Å². The standard InChI is InChI=1S/C31H35ClF2N4O3/c1-30(2,21-4-3-5-22(32)14-21)35-28(40)16-31(18-38(19-31)24-7-9-25(39)10-8-24)36-29(41)20-12-13-37(17-20)27-11-6-23(33)15-26(27)34/h3-6,11-15,17,24-25,39H,7-10,16,18-19H2,1-2H3,(H,35,40)(H,36,41). The van der Waals surface area contributed by atoms with Crippen LogP contribution in [0.1, 0.15) is 61.9 Å². The van der Waals surface area contributed by atoms with Crippen molar-refractivity contribution in [2.45, 2.75) is 69.2 Å². The number of nitrogens with one attached hydrogen (secondary N) is 2. The molecule has 0 atom stereocenters. The molecule has 2 aliphatic rings. The predicted molar refractivity (Wildman–Crippen MR) is 153 cm³/mol. The topological polar surface area (TPSA) is 86.6 Å². The zero-order chi connectivity index (χ0) is 29.4. The molecular formula is C31H35ClF2N4O3. The van der Waals surface area contributed by atoms with Crippen molar-refractivity contribution in [1.82, 2.24) is 20.1 Å². The number of aromatic nitrogens is 1. The number of carbonyl (C=O) groups is 2. The summed E-state index contributed by atoms with van der Waals surface area (Å²) >= 11 is 6.18. The van der Waals surface area contributed by atoms with E-state index in [4.69, 9.17) is 11.6 Å². The fourth-order valence-electron chi connectivity index (χ4n) is 5.98. The van der Waals surface area contributed by atoms with Gasteiger partial charge in [0.1, 0.15) is 11.6 Å². The van der Waals surface area contributed by atoms with Gasteiger partial charge in [0.2, 0.25) is 5.91 Å². The Morgan fingerprint density at radius 1 is 1.07 bits per heavy atom. The molecule has 1 saturated carbocycles. The molecule has 2 aromatic carbocycles. The average Bonchev–Trinajstić information content (AvgIpc) is 3.37. The Kier molecular flexibility index (Phi) is 8.23. The van der Waals surface area contributed by atoms with Crippen LogP contribution in [0.2, 0.25) is 5.02 Å². The minimum Gasteiger partial charge on any atom is -0.393 e. The maximum absolute atomic E-state index is 14.3. The largest absolute Gasteiger partial charge is 0.393 e. The van der Waals surface area contributed by atoms with Gasteiger partial charge in [-0.2, -0.15) is 0 Å². The molecule has 3 aromatic rings. The van der Waals surface area contributed by atoms with E-state index in [0.29, 0.717) is 23.7 Å². The molecular weight excluding hydrogens is 550 g/mol. The first-order valence-electron chi connectivity index (χ1n) is 13.9. The van der Waals surface area contributed by atoms with E-state index in [2.05, 4.69) is 15.5 Å². The number of nitrogens with zero attached hydrogens (tertiary/aromatic N) is 2. The van der Waals surface area contributed by atoms with Gasteiger partial charge in [-0.05, 0) is 75.4 Å². The quantitative estimate of drug-likeness (QED) is 0.350. The van der Waals surface area contributed by atoms with Gasteiger partial charge < -0.3 is 20.3 Å². The molecule has 218 valence electrons. The van der Waals surface area contributed by atoms with Crippen molar-refractivity contribution in [3.63, 3.8) is 0 Å². The molecule has 1 saturated heterocycles. The summed E-state index contributed by atoms with van der Waals surface area (Å²) < 4.78 is 29.1. The van der Waals surface area contributed by atoms with E-state index in [1.807, 2.05) is 32.0 Å². The summed E-state index contributed by atoms with van der Waals surface area (Å²) in [6.45, 7) is 4.80. The third kappa shape index (κ3) is 6.63. The molecule has 7 nitrogen and oxygen atoms in total. The molecule has 0 spiro atoms. The molecule has 5 rings (SSSR count). The van der Waals surface area contributed by atoms with E-state index in [1.165, 1.54) is 16.8 Å². The fraction of sp³-hybridized carbons (Fsp3) is 0.419. The molecule has 3 N–H and O–H groups in total. The van der Waals surface area contributed by atoms with Crippen LogP contribution in [0.15, 0.2) is 60.9 Å². The van der Waals surface area contributed by atoms with Crippen LogP contribution in [-0.4, -0.2) is 57.2 Å². The minimum absolute atomic E-state index is 0.0713. The predicted octanol–water partition coefficient (Wildman–Crippen LogP) is 4.94. The van der Waals surface area contributed by atoms with Gasteiger partial charge >= 0.3 is 0 Å². The number of aliphatic hydroxyl groups is 1. The van der Waals surface area contributed by atoms with E-state index in [0.717, 1.165) is 43.4 Å². The van der Waals surface area contributed by atoms with Crippen LogP contribution in [0.5, 0.6) is 0 Å². The van der Waals surface area contributed by atoms with Crippen LogP contribution >= 0.6 is 11.6 Å². The van der Waals surface area contributed by atoms with E-state index < -0.39 is 22.7 Å². The summed E-state index contributed by atoms with van der Waals surface area (Å²) in [7, 11) is 0. The lowest BCUT2D eigenvalue weighted by atomic mass is 9.80. The molecule has 2 fully saturated rings. The highest BCUT2D eigenvalue weighted by molar-refractivity contribution is 6.30. The Morgan fingerprint density at radius 3 is 2.49 bits per heavy atom. The first-order chi connectivity index (χ1) is 19.4. The van der Waals surface area contributed by atoms with Crippen LogP contribution < -0.4 is 10.6 Å². The van der Waals surface area contributed by atoms with Gasteiger partial charge in [-0.3, -0.25) is 14.5 Å². The fourth-order valence-corrected chi connectivity index (χ4v) is 6.17. The SMILES string of the molecule is CC(C)(NC(=O)CC1(NC(=O)c2ccn(-c3ccc(F)cc3F)c2)CN(C2CCC(O)CC2)C1)c1cccc(Cl)c1. The van der Waals surface area contributed by atoms with Gasteiger partial charge in [-0.15, -0.1) is 0 Å². The first-order valence-corrected chi connectivity index (χ1v) is 14.3. The minimum atomic E-state index is -0.801. The smallest absolute Gasteiger partial charge is 0.253 e. The van der Waals surface area contributed by atoms with Crippen molar-refractivity contribution in [2.24, 2.45) is 0 Å². The number of aliphatic hydroxyl groups excluding tert-OH is 1. The Morgan fingerprint density at radius 2 is 1.80 bits per heavy atom. The highest BCUT2D eigenvalue weighted by Crippen LogP contribution is 2.34. The van der Waals surface area contributed by atoms with Gasteiger partial charge in [0.05, 0.1) is 34.9 Å². The van der Waals surface area contributed by atoms with Crippen LogP contribution in [-0.2, 0) is 10.3 Å². The Balaban J connectivity index is 1.31. The number of hydrogen-bond donors (Lipinski definition) is 3. The van der Waals surface area contributed by atoms with Crippen LogP contribution in [0.25, 0.3) is 5.69 Å². The Hall–Kier alpha value is -3.27. The highest BCUT2D eigenvalue weighted by atomic mass is 35.5. The van der Waals surface area contributed by atoms with E-state index in [-0.39, 0.29) is 36.1 Å². The van der Waals surface area contributed by atoms with E-state index >= 15 is 0 Å². The van der Waals surface area contributed by atoms with Crippen molar-refractivity contribution >= 4 is 23.4 Å². The van der Waals surface area contributed by atoms with E-state index in [1.54, 1.807) is 18.3 Å². The van der Waals surface area contributed by atoms with Gasteiger partial charge in [0, 0.05) is 42.6 Å². The number of rotatable bonds is 8. The molecule has 0 radical (unpaired) electrons. The van der Waals surface area contributed by atoms with Crippen LogP contribution in [0.3, 0.4) is 0 Å². The average molecular weight is 585 g/mol. The molecule has 41 heavy (non-hydrogen) atoms.